The Labute approximate surface area is 125 Å². The Morgan fingerprint density at radius 1 is 1.29 bits per heavy atom. The molecule has 5 nitrogen and oxygen atoms in total. The van der Waals surface area contributed by atoms with Gasteiger partial charge >= 0.3 is 0 Å². The van der Waals surface area contributed by atoms with Gasteiger partial charge in [0.15, 0.2) is 0 Å². The summed E-state index contributed by atoms with van der Waals surface area (Å²) in [6, 6.07) is 7.73. The molecular weight excluding hydrogens is 266 g/mol. The number of ether oxygens (including phenoxy) is 1. The Hall–Kier alpha value is -1.88. The molecule has 1 atom stereocenters. The summed E-state index contributed by atoms with van der Waals surface area (Å²) in [5.74, 6) is 1.19. The molecule has 5 heteroatoms. The van der Waals surface area contributed by atoms with E-state index in [9.17, 15) is 0 Å². The Kier molecular flexibility index (Phi) is 4.63. The second-order valence-corrected chi connectivity index (χ2v) is 5.72. The average Bonchev–Trinajstić information content (AvgIpc) is 2.95. The number of benzene rings is 1. The summed E-state index contributed by atoms with van der Waals surface area (Å²) in [4.78, 5) is 4.54. The van der Waals surface area contributed by atoms with E-state index in [-0.39, 0.29) is 11.5 Å². The third kappa shape index (κ3) is 3.24. The smallest absolute Gasteiger partial charge is 0.236 e. The number of hydrogen-bond donors (Lipinski definition) is 1. The second kappa shape index (κ2) is 6.26. The quantitative estimate of drug-likeness (QED) is 0.824. The summed E-state index contributed by atoms with van der Waals surface area (Å²) in [6.07, 6.45) is 1.76. The van der Waals surface area contributed by atoms with Crippen molar-refractivity contribution < 1.29 is 9.26 Å². The molecule has 0 saturated heterocycles. The van der Waals surface area contributed by atoms with Crippen molar-refractivity contribution in [3.8, 4) is 0 Å². The summed E-state index contributed by atoms with van der Waals surface area (Å²) in [5, 5.41) is 4.08. The molecule has 2 aromatic rings. The largest absolute Gasteiger partial charge is 0.399 e. The van der Waals surface area contributed by atoms with E-state index in [1.807, 2.05) is 24.3 Å². The topological polar surface area (TPSA) is 74.2 Å². The van der Waals surface area contributed by atoms with Crippen molar-refractivity contribution in [2.45, 2.75) is 45.1 Å². The van der Waals surface area contributed by atoms with Gasteiger partial charge in [-0.1, -0.05) is 30.6 Å². The third-order valence-corrected chi connectivity index (χ3v) is 3.73. The van der Waals surface area contributed by atoms with Gasteiger partial charge in [0.25, 0.3) is 0 Å². The third-order valence-electron chi connectivity index (χ3n) is 3.73. The Balaban J connectivity index is 2.28. The molecule has 0 aliphatic carbocycles. The molecular formula is C16H23N3O2. The summed E-state index contributed by atoms with van der Waals surface area (Å²) < 4.78 is 10.9. The Morgan fingerprint density at radius 3 is 2.52 bits per heavy atom. The highest BCUT2D eigenvalue weighted by molar-refractivity contribution is 5.42. The zero-order valence-electron chi connectivity index (χ0n) is 13.1. The lowest BCUT2D eigenvalue weighted by atomic mass is 9.84. The highest BCUT2D eigenvalue weighted by Crippen LogP contribution is 2.32. The molecule has 1 heterocycles. The molecule has 1 unspecified atom stereocenters. The molecule has 2 N–H and O–H groups in total. The molecule has 0 radical (unpaired) electrons. The van der Waals surface area contributed by atoms with Gasteiger partial charge in [0.1, 0.15) is 6.10 Å². The van der Waals surface area contributed by atoms with E-state index in [0.717, 1.165) is 24.1 Å². The highest BCUT2D eigenvalue weighted by atomic mass is 16.5. The molecule has 1 aromatic heterocycles. The fourth-order valence-electron chi connectivity index (χ4n) is 2.26. The standard InChI is InChI=1S/C16H23N3O2/c1-5-6-13(20-4)14-18-15(21-19-14)16(2,3)11-7-9-12(17)10-8-11/h7-10,13H,5-6,17H2,1-4H3. The minimum atomic E-state index is -0.372. The van der Waals surface area contributed by atoms with Crippen LogP contribution in [-0.4, -0.2) is 17.3 Å². The molecule has 0 fully saturated rings. The number of aromatic nitrogens is 2. The van der Waals surface area contributed by atoms with Gasteiger partial charge in [-0.2, -0.15) is 4.98 Å². The number of nitrogen functional groups attached to an aromatic ring is 1. The van der Waals surface area contributed by atoms with Gasteiger partial charge in [0, 0.05) is 12.8 Å². The predicted molar refractivity (Wildman–Crippen MR) is 81.9 cm³/mol. The maximum Gasteiger partial charge on any atom is 0.236 e. The predicted octanol–water partition coefficient (Wildman–Crippen LogP) is 3.47. The summed E-state index contributed by atoms with van der Waals surface area (Å²) >= 11 is 0. The molecule has 114 valence electrons. The average molecular weight is 289 g/mol. The van der Waals surface area contributed by atoms with E-state index in [1.165, 1.54) is 0 Å². The molecule has 0 aliphatic heterocycles. The monoisotopic (exact) mass is 289 g/mol. The van der Waals surface area contributed by atoms with E-state index < -0.39 is 0 Å². The van der Waals surface area contributed by atoms with Crippen molar-refractivity contribution in [1.82, 2.24) is 10.1 Å². The van der Waals surface area contributed by atoms with Crippen LogP contribution >= 0.6 is 0 Å². The molecule has 2 rings (SSSR count). The van der Waals surface area contributed by atoms with Crippen LogP contribution in [0.5, 0.6) is 0 Å². The van der Waals surface area contributed by atoms with E-state index in [2.05, 4.69) is 30.9 Å². The van der Waals surface area contributed by atoms with Gasteiger partial charge in [-0.05, 0) is 38.0 Å². The van der Waals surface area contributed by atoms with Crippen LogP contribution in [0.4, 0.5) is 5.69 Å². The normalized spacial score (nSPS) is 13.3. The first kappa shape index (κ1) is 15.5. The van der Waals surface area contributed by atoms with Crippen molar-refractivity contribution in [3.05, 3.63) is 41.5 Å². The lowest BCUT2D eigenvalue weighted by Gasteiger charge is -2.20. The van der Waals surface area contributed by atoms with Gasteiger partial charge in [0.05, 0.1) is 5.41 Å². The van der Waals surface area contributed by atoms with Crippen LogP contribution in [0.1, 0.15) is 57.0 Å². The van der Waals surface area contributed by atoms with E-state index in [0.29, 0.717) is 11.7 Å². The molecule has 0 spiro atoms. The fraction of sp³-hybridized carbons (Fsp3) is 0.500. The van der Waals surface area contributed by atoms with E-state index in [4.69, 9.17) is 15.0 Å². The fourth-order valence-corrected chi connectivity index (χ4v) is 2.26. The SMILES string of the molecule is CCCC(OC)c1noc(C(C)(C)c2ccc(N)cc2)n1. The lowest BCUT2D eigenvalue weighted by molar-refractivity contribution is 0.0854. The Bertz CT molecular complexity index is 575. The van der Waals surface area contributed by atoms with Crippen LogP contribution in [0.15, 0.2) is 28.8 Å². The van der Waals surface area contributed by atoms with Gasteiger partial charge in [-0.25, -0.2) is 0 Å². The summed E-state index contributed by atoms with van der Waals surface area (Å²) in [5.41, 5.74) is 7.18. The molecule has 0 saturated carbocycles. The maximum atomic E-state index is 5.74. The van der Waals surface area contributed by atoms with Crippen LogP contribution in [0.2, 0.25) is 0 Å². The van der Waals surface area contributed by atoms with Crippen molar-refractivity contribution >= 4 is 5.69 Å². The number of nitrogens with two attached hydrogens (primary N) is 1. The van der Waals surface area contributed by atoms with Gasteiger partial charge in [0.2, 0.25) is 11.7 Å². The van der Waals surface area contributed by atoms with Crippen molar-refractivity contribution in [1.29, 1.82) is 0 Å². The number of rotatable bonds is 6. The van der Waals surface area contributed by atoms with Crippen molar-refractivity contribution in [3.63, 3.8) is 0 Å². The first-order chi connectivity index (χ1) is 9.98. The number of anilines is 1. The maximum absolute atomic E-state index is 5.74. The van der Waals surface area contributed by atoms with E-state index >= 15 is 0 Å². The first-order valence-corrected chi connectivity index (χ1v) is 7.22. The number of nitrogens with zero attached hydrogens (tertiary/aromatic N) is 2. The van der Waals surface area contributed by atoms with Crippen LogP contribution in [0, 0.1) is 0 Å². The second-order valence-electron chi connectivity index (χ2n) is 5.72. The van der Waals surface area contributed by atoms with E-state index in [1.54, 1.807) is 7.11 Å². The summed E-state index contributed by atoms with van der Waals surface area (Å²) in [6.45, 7) is 6.21. The van der Waals surface area contributed by atoms with Crippen LogP contribution in [0.25, 0.3) is 0 Å². The lowest BCUT2D eigenvalue weighted by Crippen LogP contribution is -2.19. The summed E-state index contributed by atoms with van der Waals surface area (Å²) in [7, 11) is 1.67. The zero-order chi connectivity index (χ0) is 15.5. The van der Waals surface area contributed by atoms with Crippen LogP contribution in [-0.2, 0) is 10.2 Å². The highest BCUT2D eigenvalue weighted by Gasteiger charge is 2.31. The minimum Gasteiger partial charge on any atom is -0.399 e. The minimum absolute atomic E-state index is 0.116. The first-order valence-electron chi connectivity index (χ1n) is 7.22. The molecule has 0 bridgehead atoms. The van der Waals surface area contributed by atoms with Crippen LogP contribution in [0.3, 0.4) is 0 Å². The number of methoxy groups -OCH3 is 1. The van der Waals surface area contributed by atoms with Gasteiger partial charge in [-0.3, -0.25) is 0 Å². The van der Waals surface area contributed by atoms with Gasteiger partial charge < -0.3 is 15.0 Å². The zero-order valence-corrected chi connectivity index (χ0v) is 13.1. The molecule has 0 amide bonds. The molecule has 21 heavy (non-hydrogen) atoms. The molecule has 0 aliphatic rings. The van der Waals surface area contributed by atoms with Crippen LogP contribution < -0.4 is 5.73 Å². The molecule has 1 aromatic carbocycles. The number of hydrogen-bond acceptors (Lipinski definition) is 5. The Morgan fingerprint density at radius 2 is 1.95 bits per heavy atom. The van der Waals surface area contributed by atoms with Crippen molar-refractivity contribution in [2.24, 2.45) is 0 Å². The van der Waals surface area contributed by atoms with Crippen molar-refractivity contribution in [2.75, 3.05) is 12.8 Å². The van der Waals surface area contributed by atoms with Gasteiger partial charge in [-0.15, -0.1) is 0 Å².